The highest BCUT2D eigenvalue weighted by molar-refractivity contribution is 7.97. The lowest BCUT2D eigenvalue weighted by Gasteiger charge is -1.99. The molecule has 0 aromatic heterocycles. The molecule has 0 heterocycles. The van der Waals surface area contributed by atoms with Gasteiger partial charge in [0.05, 0.1) is 0 Å². The van der Waals surface area contributed by atoms with E-state index in [9.17, 15) is 4.39 Å². The Kier molecular flexibility index (Phi) is 9.22. The maximum absolute atomic E-state index is 12.4. The van der Waals surface area contributed by atoms with E-state index in [0.29, 0.717) is 0 Å². The SMILES string of the molecule is Cc1cc(F)ccc1SN.OCCCCO. The van der Waals surface area contributed by atoms with Gasteiger partial charge in [-0.1, -0.05) is 0 Å². The zero-order valence-electron chi connectivity index (χ0n) is 9.32. The predicted molar refractivity (Wildman–Crippen MR) is 64.6 cm³/mol. The molecule has 0 atom stereocenters. The fourth-order valence-electron chi connectivity index (χ4n) is 0.969. The van der Waals surface area contributed by atoms with Crippen LogP contribution in [-0.4, -0.2) is 23.4 Å². The summed E-state index contributed by atoms with van der Waals surface area (Å²) in [5.41, 5.74) is 0.882. The minimum atomic E-state index is -0.213. The second-order valence-corrected chi connectivity index (χ2v) is 3.86. The normalized spacial score (nSPS) is 9.56. The number of unbranched alkanes of at least 4 members (excludes halogenated alkanes) is 1. The molecule has 0 aliphatic rings. The van der Waals surface area contributed by atoms with Gasteiger partial charge in [-0.05, 0) is 55.5 Å². The van der Waals surface area contributed by atoms with Crippen molar-refractivity contribution >= 4 is 11.9 Å². The Morgan fingerprint density at radius 2 is 1.81 bits per heavy atom. The van der Waals surface area contributed by atoms with Crippen LogP contribution in [0, 0.1) is 12.7 Å². The summed E-state index contributed by atoms with van der Waals surface area (Å²) >= 11 is 1.14. The molecule has 16 heavy (non-hydrogen) atoms. The lowest BCUT2D eigenvalue weighted by molar-refractivity contribution is 0.242. The van der Waals surface area contributed by atoms with Crippen LogP contribution in [0.1, 0.15) is 18.4 Å². The Morgan fingerprint density at radius 3 is 2.19 bits per heavy atom. The maximum Gasteiger partial charge on any atom is 0.123 e. The van der Waals surface area contributed by atoms with Gasteiger partial charge >= 0.3 is 0 Å². The number of aliphatic hydroxyl groups is 2. The molecule has 1 rings (SSSR count). The van der Waals surface area contributed by atoms with Crippen LogP contribution in [-0.2, 0) is 0 Å². The molecular formula is C11H18FNO2S. The molecule has 3 nitrogen and oxygen atoms in total. The number of aliphatic hydroxyl groups excluding tert-OH is 2. The highest BCUT2D eigenvalue weighted by Gasteiger charge is 1.96. The van der Waals surface area contributed by atoms with E-state index in [1.807, 2.05) is 6.92 Å². The van der Waals surface area contributed by atoms with Gasteiger partial charge < -0.3 is 10.2 Å². The van der Waals surface area contributed by atoms with Crippen molar-refractivity contribution in [1.82, 2.24) is 0 Å². The van der Waals surface area contributed by atoms with Gasteiger partial charge in [-0.25, -0.2) is 4.39 Å². The fraction of sp³-hybridized carbons (Fsp3) is 0.455. The van der Waals surface area contributed by atoms with Crippen LogP contribution in [0.3, 0.4) is 0 Å². The number of benzene rings is 1. The largest absolute Gasteiger partial charge is 0.396 e. The Bertz CT molecular complexity index is 293. The zero-order valence-corrected chi connectivity index (χ0v) is 10.1. The highest BCUT2D eigenvalue weighted by Crippen LogP contribution is 2.17. The monoisotopic (exact) mass is 247 g/mol. The standard InChI is InChI=1S/C7H8FNS.C4H10O2/c1-5-4-6(8)2-3-7(5)10-9;5-3-1-2-4-6/h2-4H,9H2,1H3;5-6H,1-4H2. The van der Waals surface area contributed by atoms with Crippen molar-refractivity contribution in [2.45, 2.75) is 24.7 Å². The third-order valence-electron chi connectivity index (χ3n) is 1.83. The van der Waals surface area contributed by atoms with Gasteiger partial charge in [0, 0.05) is 18.1 Å². The number of nitrogens with two attached hydrogens (primary N) is 1. The van der Waals surface area contributed by atoms with E-state index in [0.717, 1.165) is 35.2 Å². The summed E-state index contributed by atoms with van der Waals surface area (Å²) in [5, 5.41) is 21.5. The van der Waals surface area contributed by atoms with Gasteiger partial charge in [-0.2, -0.15) is 0 Å². The molecule has 0 amide bonds. The van der Waals surface area contributed by atoms with Crippen molar-refractivity contribution < 1.29 is 14.6 Å². The van der Waals surface area contributed by atoms with Crippen LogP contribution in [0.4, 0.5) is 4.39 Å². The van der Waals surface area contributed by atoms with Crippen molar-refractivity contribution in [2.75, 3.05) is 13.2 Å². The molecule has 0 spiro atoms. The number of hydrogen-bond donors (Lipinski definition) is 3. The summed E-state index contributed by atoms with van der Waals surface area (Å²) < 4.78 is 12.4. The Balaban J connectivity index is 0.000000325. The van der Waals surface area contributed by atoms with E-state index in [4.69, 9.17) is 15.4 Å². The minimum absolute atomic E-state index is 0.195. The number of rotatable bonds is 4. The van der Waals surface area contributed by atoms with E-state index in [2.05, 4.69) is 0 Å². The van der Waals surface area contributed by atoms with Crippen molar-refractivity contribution in [3.63, 3.8) is 0 Å². The highest BCUT2D eigenvalue weighted by atomic mass is 32.2. The molecule has 0 radical (unpaired) electrons. The third-order valence-corrected chi connectivity index (χ3v) is 2.54. The Labute approximate surface area is 99.6 Å². The van der Waals surface area contributed by atoms with Gasteiger partial charge in [-0.15, -0.1) is 0 Å². The quantitative estimate of drug-likeness (QED) is 0.561. The van der Waals surface area contributed by atoms with Crippen molar-refractivity contribution in [2.24, 2.45) is 5.14 Å². The lowest BCUT2D eigenvalue weighted by Crippen LogP contribution is -1.85. The van der Waals surface area contributed by atoms with Crippen LogP contribution in [0.2, 0.25) is 0 Å². The van der Waals surface area contributed by atoms with Crippen LogP contribution in [0.25, 0.3) is 0 Å². The molecule has 0 unspecified atom stereocenters. The topological polar surface area (TPSA) is 66.5 Å². The van der Waals surface area contributed by atoms with E-state index < -0.39 is 0 Å². The molecule has 0 fully saturated rings. The zero-order chi connectivity index (χ0) is 12.4. The number of aryl methyl sites for hydroxylation is 1. The molecule has 0 aliphatic carbocycles. The first kappa shape index (κ1) is 15.4. The number of hydrogen-bond acceptors (Lipinski definition) is 4. The van der Waals surface area contributed by atoms with Gasteiger partial charge in [0.2, 0.25) is 0 Å². The summed E-state index contributed by atoms with van der Waals surface area (Å²) in [4.78, 5) is 0.918. The molecule has 0 saturated heterocycles. The van der Waals surface area contributed by atoms with Gasteiger partial charge in [0.25, 0.3) is 0 Å². The summed E-state index contributed by atoms with van der Waals surface area (Å²) in [6.07, 6.45) is 1.44. The van der Waals surface area contributed by atoms with Gasteiger partial charge in [0.15, 0.2) is 0 Å². The molecular weight excluding hydrogens is 229 g/mol. The Hall–Kier alpha value is -0.620. The second kappa shape index (κ2) is 9.59. The summed E-state index contributed by atoms with van der Waals surface area (Å²) in [6.45, 7) is 2.22. The average Bonchev–Trinajstić information content (AvgIpc) is 2.27. The van der Waals surface area contributed by atoms with Crippen LogP contribution in [0.15, 0.2) is 23.1 Å². The van der Waals surface area contributed by atoms with Crippen LogP contribution >= 0.6 is 11.9 Å². The third kappa shape index (κ3) is 6.79. The van der Waals surface area contributed by atoms with E-state index in [1.54, 1.807) is 6.07 Å². The molecule has 0 aliphatic heterocycles. The Morgan fingerprint density at radius 1 is 1.25 bits per heavy atom. The molecule has 1 aromatic carbocycles. The molecule has 4 N–H and O–H groups in total. The molecule has 92 valence electrons. The first-order valence-electron chi connectivity index (χ1n) is 5.00. The number of halogens is 1. The average molecular weight is 247 g/mol. The van der Waals surface area contributed by atoms with E-state index >= 15 is 0 Å². The van der Waals surface area contributed by atoms with Crippen LogP contribution in [0.5, 0.6) is 0 Å². The minimum Gasteiger partial charge on any atom is -0.396 e. The first-order chi connectivity index (χ1) is 7.65. The molecule has 0 bridgehead atoms. The van der Waals surface area contributed by atoms with Crippen LogP contribution < -0.4 is 5.14 Å². The second-order valence-electron chi connectivity index (χ2n) is 3.18. The van der Waals surface area contributed by atoms with Gasteiger partial charge in [-0.3, -0.25) is 5.14 Å². The predicted octanol–water partition coefficient (Wildman–Crippen LogP) is 1.85. The van der Waals surface area contributed by atoms with Crippen molar-refractivity contribution in [3.8, 4) is 0 Å². The first-order valence-corrected chi connectivity index (χ1v) is 5.88. The van der Waals surface area contributed by atoms with E-state index in [-0.39, 0.29) is 19.0 Å². The summed E-state index contributed by atoms with van der Waals surface area (Å²) in [7, 11) is 0. The fourth-order valence-corrected chi connectivity index (χ4v) is 1.36. The van der Waals surface area contributed by atoms with Crippen molar-refractivity contribution in [1.29, 1.82) is 0 Å². The molecule has 0 saturated carbocycles. The van der Waals surface area contributed by atoms with Crippen molar-refractivity contribution in [3.05, 3.63) is 29.6 Å². The smallest absolute Gasteiger partial charge is 0.123 e. The lowest BCUT2D eigenvalue weighted by atomic mass is 10.2. The van der Waals surface area contributed by atoms with E-state index in [1.165, 1.54) is 12.1 Å². The molecule has 5 heteroatoms. The summed E-state index contributed by atoms with van der Waals surface area (Å²) in [6, 6.07) is 4.55. The maximum atomic E-state index is 12.4. The summed E-state index contributed by atoms with van der Waals surface area (Å²) in [5.74, 6) is -0.213. The van der Waals surface area contributed by atoms with Gasteiger partial charge in [0.1, 0.15) is 5.82 Å². The molecule has 1 aromatic rings.